The van der Waals surface area contributed by atoms with E-state index in [0.717, 1.165) is 5.65 Å². The molecule has 0 fully saturated rings. The first kappa shape index (κ1) is 7.19. The molecule has 14 heavy (non-hydrogen) atoms. The Labute approximate surface area is 78.2 Å². The Bertz CT molecular complexity index is 523. The summed E-state index contributed by atoms with van der Waals surface area (Å²) < 4.78 is 6.29. The summed E-state index contributed by atoms with van der Waals surface area (Å²) in [6.45, 7) is 0. The molecule has 3 rings (SSSR count). The summed E-state index contributed by atoms with van der Waals surface area (Å²) in [5.41, 5.74) is 1.41. The van der Waals surface area contributed by atoms with Crippen LogP contribution in [0.1, 0.15) is 0 Å². The first-order valence-corrected chi connectivity index (χ1v) is 4.00. The second-order valence-electron chi connectivity index (χ2n) is 2.71. The highest BCUT2D eigenvalue weighted by Gasteiger charge is 2.08. The Morgan fingerprint density at radius 3 is 3.07 bits per heavy atom. The Morgan fingerprint density at radius 1 is 1.29 bits per heavy atom. The van der Waals surface area contributed by atoms with Crippen molar-refractivity contribution in [1.29, 1.82) is 0 Å². The van der Waals surface area contributed by atoms with Gasteiger partial charge in [-0.2, -0.15) is 10.1 Å². The maximum absolute atomic E-state index is 4.63. The van der Waals surface area contributed by atoms with Crippen LogP contribution in [0.2, 0.25) is 0 Å². The molecule has 0 atom stereocenters. The lowest BCUT2D eigenvalue weighted by molar-refractivity contribution is 0.418. The van der Waals surface area contributed by atoms with Gasteiger partial charge in [0, 0.05) is 18.5 Å². The Balaban J connectivity index is 2.24. The van der Waals surface area contributed by atoms with Gasteiger partial charge in [0.2, 0.25) is 12.2 Å². The lowest BCUT2D eigenvalue weighted by atomic mass is 10.4. The number of aromatic nitrogens is 5. The highest BCUT2D eigenvalue weighted by atomic mass is 16.5. The molecule has 3 heterocycles. The van der Waals surface area contributed by atoms with Crippen molar-refractivity contribution in [2.75, 3.05) is 0 Å². The minimum absolute atomic E-state index is 0.468. The molecular weight excluding hydrogens is 182 g/mol. The zero-order chi connectivity index (χ0) is 9.38. The van der Waals surface area contributed by atoms with Crippen LogP contribution in [0.5, 0.6) is 0 Å². The number of fused-ring (bicyclic) bond motifs is 1. The van der Waals surface area contributed by atoms with E-state index in [0.29, 0.717) is 11.5 Å². The van der Waals surface area contributed by atoms with Gasteiger partial charge in [-0.05, 0) is 6.07 Å². The molecule has 0 unspecified atom stereocenters. The minimum Gasteiger partial charge on any atom is -0.342 e. The predicted molar refractivity (Wildman–Crippen MR) is 46.3 cm³/mol. The summed E-state index contributed by atoms with van der Waals surface area (Å²) >= 11 is 0. The topological polar surface area (TPSA) is 69.1 Å². The third kappa shape index (κ3) is 0.972. The highest BCUT2D eigenvalue weighted by molar-refractivity contribution is 5.56. The molecule has 6 heteroatoms. The summed E-state index contributed by atoms with van der Waals surface area (Å²) in [6, 6.07) is 3.60. The van der Waals surface area contributed by atoms with E-state index in [1.54, 1.807) is 22.8 Å². The number of hydrogen-bond acceptors (Lipinski definition) is 5. The van der Waals surface area contributed by atoms with Crippen LogP contribution in [0, 0.1) is 0 Å². The molecule has 0 spiro atoms. The molecule has 6 nitrogen and oxygen atoms in total. The molecular formula is C8H5N5O. The van der Waals surface area contributed by atoms with Gasteiger partial charge >= 0.3 is 0 Å². The normalized spacial score (nSPS) is 10.9. The van der Waals surface area contributed by atoms with E-state index in [2.05, 4.69) is 24.7 Å². The number of rotatable bonds is 1. The van der Waals surface area contributed by atoms with E-state index in [4.69, 9.17) is 0 Å². The van der Waals surface area contributed by atoms with Crippen molar-refractivity contribution >= 4 is 5.65 Å². The summed E-state index contributed by atoms with van der Waals surface area (Å²) in [5.74, 6) is 0.468. The van der Waals surface area contributed by atoms with E-state index in [1.165, 1.54) is 6.39 Å². The van der Waals surface area contributed by atoms with Crippen LogP contribution >= 0.6 is 0 Å². The van der Waals surface area contributed by atoms with Crippen molar-refractivity contribution < 1.29 is 4.52 Å². The van der Waals surface area contributed by atoms with Crippen LogP contribution < -0.4 is 0 Å². The van der Waals surface area contributed by atoms with E-state index in [1.807, 2.05) is 6.20 Å². The lowest BCUT2D eigenvalue weighted by Gasteiger charge is -1.86. The van der Waals surface area contributed by atoms with Gasteiger partial charge in [0.1, 0.15) is 5.69 Å². The molecule has 0 radical (unpaired) electrons. The van der Waals surface area contributed by atoms with Crippen LogP contribution in [-0.2, 0) is 0 Å². The minimum atomic E-state index is 0.468. The van der Waals surface area contributed by atoms with Crippen molar-refractivity contribution in [1.82, 2.24) is 24.7 Å². The van der Waals surface area contributed by atoms with Gasteiger partial charge in [-0.3, -0.25) is 0 Å². The second-order valence-corrected chi connectivity index (χ2v) is 2.71. The Kier molecular flexibility index (Phi) is 1.35. The lowest BCUT2D eigenvalue weighted by Crippen LogP contribution is -1.87. The molecule has 0 aliphatic rings. The fraction of sp³-hybridized carbons (Fsp3) is 0. The average Bonchev–Trinajstić information content (AvgIpc) is 2.86. The van der Waals surface area contributed by atoms with Gasteiger partial charge in [-0.1, -0.05) is 5.16 Å². The fourth-order valence-electron chi connectivity index (χ4n) is 1.22. The van der Waals surface area contributed by atoms with Crippen LogP contribution in [0.3, 0.4) is 0 Å². The van der Waals surface area contributed by atoms with Crippen LogP contribution in [0.4, 0.5) is 0 Å². The van der Waals surface area contributed by atoms with Crippen molar-refractivity contribution in [2.24, 2.45) is 0 Å². The molecule has 0 saturated heterocycles. The molecule has 0 N–H and O–H groups in total. The van der Waals surface area contributed by atoms with Gasteiger partial charge in [0.05, 0.1) is 0 Å². The van der Waals surface area contributed by atoms with E-state index >= 15 is 0 Å². The molecule has 3 aromatic heterocycles. The second kappa shape index (κ2) is 2.63. The van der Waals surface area contributed by atoms with Crippen LogP contribution in [-0.4, -0.2) is 24.7 Å². The van der Waals surface area contributed by atoms with Gasteiger partial charge < -0.3 is 4.52 Å². The van der Waals surface area contributed by atoms with Crippen molar-refractivity contribution in [2.45, 2.75) is 0 Å². The van der Waals surface area contributed by atoms with Gasteiger partial charge in [0.15, 0.2) is 5.65 Å². The highest BCUT2D eigenvalue weighted by Crippen LogP contribution is 2.13. The Hall–Kier alpha value is -2.24. The monoisotopic (exact) mass is 187 g/mol. The third-order valence-electron chi connectivity index (χ3n) is 1.83. The Morgan fingerprint density at radius 2 is 2.29 bits per heavy atom. The summed E-state index contributed by atoms with van der Waals surface area (Å²) in [4.78, 5) is 8.03. The zero-order valence-corrected chi connectivity index (χ0v) is 7.03. The van der Waals surface area contributed by atoms with Crippen molar-refractivity contribution in [3.63, 3.8) is 0 Å². The number of nitrogens with zero attached hydrogens (tertiary/aromatic N) is 5. The predicted octanol–water partition coefficient (Wildman–Crippen LogP) is 0.779. The molecule has 0 aromatic carbocycles. The smallest absolute Gasteiger partial charge is 0.222 e. The average molecular weight is 187 g/mol. The van der Waals surface area contributed by atoms with Crippen LogP contribution in [0.25, 0.3) is 17.2 Å². The standard InChI is InChI=1S/C8H5N5O/c1-2-9-7-4-6(11-13(7)3-1)8-10-5-14-12-8/h1-5H. The maximum atomic E-state index is 4.63. The van der Waals surface area contributed by atoms with Gasteiger partial charge in [-0.15, -0.1) is 0 Å². The zero-order valence-electron chi connectivity index (χ0n) is 7.03. The molecule has 68 valence electrons. The van der Waals surface area contributed by atoms with Gasteiger partial charge in [0.25, 0.3) is 0 Å². The molecule has 0 saturated carbocycles. The molecule has 0 amide bonds. The quantitative estimate of drug-likeness (QED) is 0.563. The fourth-order valence-corrected chi connectivity index (χ4v) is 1.22. The molecule has 0 aliphatic heterocycles. The molecule has 0 aliphatic carbocycles. The van der Waals surface area contributed by atoms with Crippen molar-refractivity contribution in [3.8, 4) is 11.5 Å². The first-order chi connectivity index (χ1) is 6.93. The maximum Gasteiger partial charge on any atom is 0.222 e. The summed E-state index contributed by atoms with van der Waals surface area (Å²) in [7, 11) is 0. The first-order valence-electron chi connectivity index (χ1n) is 4.00. The van der Waals surface area contributed by atoms with E-state index < -0.39 is 0 Å². The largest absolute Gasteiger partial charge is 0.342 e. The van der Waals surface area contributed by atoms with Gasteiger partial charge in [-0.25, -0.2) is 9.50 Å². The van der Waals surface area contributed by atoms with Crippen molar-refractivity contribution in [3.05, 3.63) is 30.9 Å². The molecule has 3 aromatic rings. The summed E-state index contributed by atoms with van der Waals surface area (Å²) in [5, 5.41) is 7.92. The van der Waals surface area contributed by atoms with E-state index in [9.17, 15) is 0 Å². The van der Waals surface area contributed by atoms with Crippen LogP contribution in [0.15, 0.2) is 35.4 Å². The SMILES string of the molecule is c1cnc2cc(-c3ncon3)nn2c1. The third-order valence-corrected chi connectivity index (χ3v) is 1.83. The molecule has 0 bridgehead atoms. The number of hydrogen-bond donors (Lipinski definition) is 0. The summed E-state index contributed by atoms with van der Waals surface area (Å²) in [6.07, 6.45) is 4.79. The van der Waals surface area contributed by atoms with E-state index in [-0.39, 0.29) is 0 Å².